The Balaban J connectivity index is 1.23. The first-order valence-corrected chi connectivity index (χ1v) is 15.9. The summed E-state index contributed by atoms with van der Waals surface area (Å²) < 4.78 is 5.42. The van der Waals surface area contributed by atoms with Gasteiger partial charge in [-0.25, -0.2) is 0 Å². The van der Waals surface area contributed by atoms with E-state index in [4.69, 9.17) is 4.74 Å². The number of ether oxygens (including phenoxy) is 1. The maximum absolute atomic E-state index is 5.42. The largest absolute Gasteiger partial charge is 0.497 e. The van der Waals surface area contributed by atoms with Gasteiger partial charge in [0, 0.05) is 41.6 Å². The molecule has 47 heavy (non-hydrogen) atoms. The van der Waals surface area contributed by atoms with Crippen molar-refractivity contribution < 1.29 is 4.74 Å². The monoisotopic (exact) mass is 608 g/mol. The summed E-state index contributed by atoms with van der Waals surface area (Å²) in [7, 11) is 3.77. The predicted molar refractivity (Wildman–Crippen MR) is 198 cm³/mol. The van der Waals surface area contributed by atoms with Crippen molar-refractivity contribution in [2.75, 3.05) is 24.0 Å². The summed E-state index contributed by atoms with van der Waals surface area (Å²) >= 11 is 0. The van der Waals surface area contributed by atoms with Gasteiger partial charge in [0.1, 0.15) is 5.75 Å². The van der Waals surface area contributed by atoms with Gasteiger partial charge in [-0.15, -0.1) is 0 Å². The Bertz CT molecular complexity index is 1990. The van der Waals surface area contributed by atoms with Crippen LogP contribution in [0.3, 0.4) is 0 Å². The minimum absolute atomic E-state index is 0.846. The quantitative estimate of drug-likeness (QED) is 0.162. The van der Waals surface area contributed by atoms with Crippen LogP contribution in [-0.2, 0) is 0 Å². The van der Waals surface area contributed by atoms with E-state index in [0.717, 1.165) is 34.2 Å². The lowest BCUT2D eigenvalue weighted by Crippen LogP contribution is -2.10. The van der Waals surface area contributed by atoms with Crippen molar-refractivity contribution in [3.8, 4) is 39.1 Å². The van der Waals surface area contributed by atoms with Crippen LogP contribution >= 0.6 is 0 Å². The molecule has 7 aromatic carbocycles. The number of hydrogen-bond donors (Lipinski definition) is 0. The second-order valence-electron chi connectivity index (χ2n) is 11.5. The Hall–Kier alpha value is -6.06. The minimum atomic E-state index is 0.846. The van der Waals surface area contributed by atoms with Gasteiger partial charge in [-0.2, -0.15) is 0 Å². The molecule has 0 saturated heterocycles. The average molecular weight is 609 g/mol. The molecule has 0 saturated carbocycles. The summed E-state index contributed by atoms with van der Waals surface area (Å²) in [5.41, 5.74) is 12.6. The standard InChI is InChI=1S/C44H36N2O/c1-45(41-18-11-21-44(32-41)47-2)39-26-22-35(23-27-39)36-24-28-40(29-25-36)46(42-19-9-16-37(30-42)33-12-5-3-6-13-33)43-20-10-17-38(31-43)34-14-7-4-8-15-34/h3-32H,1-2H3. The molecule has 0 amide bonds. The molecule has 0 heterocycles. The maximum atomic E-state index is 5.42. The minimum Gasteiger partial charge on any atom is -0.497 e. The summed E-state index contributed by atoms with van der Waals surface area (Å²) in [6.07, 6.45) is 0. The van der Waals surface area contributed by atoms with E-state index in [-0.39, 0.29) is 0 Å². The number of anilines is 5. The van der Waals surface area contributed by atoms with Gasteiger partial charge >= 0.3 is 0 Å². The van der Waals surface area contributed by atoms with Crippen molar-refractivity contribution in [1.29, 1.82) is 0 Å². The van der Waals surface area contributed by atoms with Crippen LogP contribution in [-0.4, -0.2) is 14.2 Å². The van der Waals surface area contributed by atoms with Crippen LogP contribution in [0.5, 0.6) is 5.75 Å². The summed E-state index contributed by atoms with van der Waals surface area (Å²) in [5, 5.41) is 0. The first-order valence-electron chi connectivity index (χ1n) is 15.9. The Kier molecular flexibility index (Phi) is 8.52. The van der Waals surface area contributed by atoms with Crippen molar-refractivity contribution >= 4 is 28.4 Å². The molecule has 0 aromatic heterocycles. The highest BCUT2D eigenvalue weighted by Crippen LogP contribution is 2.39. The van der Waals surface area contributed by atoms with Crippen LogP contribution in [0.15, 0.2) is 182 Å². The molecule has 0 spiro atoms. The van der Waals surface area contributed by atoms with E-state index in [1.165, 1.54) is 33.4 Å². The highest BCUT2D eigenvalue weighted by atomic mass is 16.5. The van der Waals surface area contributed by atoms with Crippen LogP contribution < -0.4 is 14.5 Å². The van der Waals surface area contributed by atoms with Crippen LogP contribution in [0.2, 0.25) is 0 Å². The van der Waals surface area contributed by atoms with Crippen molar-refractivity contribution in [2.45, 2.75) is 0 Å². The van der Waals surface area contributed by atoms with Crippen LogP contribution in [0.1, 0.15) is 0 Å². The van der Waals surface area contributed by atoms with Crippen molar-refractivity contribution in [2.24, 2.45) is 0 Å². The van der Waals surface area contributed by atoms with Crippen LogP contribution in [0.4, 0.5) is 28.4 Å². The third-order valence-corrected chi connectivity index (χ3v) is 8.58. The van der Waals surface area contributed by atoms with E-state index < -0.39 is 0 Å². The Morgan fingerprint density at radius 1 is 0.340 bits per heavy atom. The van der Waals surface area contributed by atoms with E-state index in [2.05, 4.69) is 181 Å². The highest BCUT2D eigenvalue weighted by Gasteiger charge is 2.15. The molecule has 0 N–H and O–H groups in total. The zero-order chi connectivity index (χ0) is 32.0. The molecular formula is C44H36N2O. The number of hydrogen-bond acceptors (Lipinski definition) is 3. The molecule has 0 bridgehead atoms. The van der Waals surface area contributed by atoms with Gasteiger partial charge in [-0.1, -0.05) is 115 Å². The molecule has 0 atom stereocenters. The third-order valence-electron chi connectivity index (χ3n) is 8.58. The topological polar surface area (TPSA) is 15.7 Å². The number of methoxy groups -OCH3 is 1. The zero-order valence-electron chi connectivity index (χ0n) is 26.6. The number of nitrogens with zero attached hydrogens (tertiary/aromatic N) is 2. The van der Waals surface area contributed by atoms with E-state index in [9.17, 15) is 0 Å². The van der Waals surface area contributed by atoms with Gasteiger partial charge in [0.2, 0.25) is 0 Å². The first kappa shape index (κ1) is 29.6. The molecule has 228 valence electrons. The van der Waals surface area contributed by atoms with E-state index in [0.29, 0.717) is 0 Å². The number of rotatable bonds is 9. The van der Waals surface area contributed by atoms with Crippen molar-refractivity contribution in [1.82, 2.24) is 0 Å². The summed E-state index contributed by atoms with van der Waals surface area (Å²) in [5.74, 6) is 0.846. The average Bonchev–Trinajstić information content (AvgIpc) is 3.16. The Morgan fingerprint density at radius 3 is 1.28 bits per heavy atom. The molecule has 0 unspecified atom stereocenters. The predicted octanol–water partition coefficient (Wildman–Crippen LogP) is 11.9. The zero-order valence-corrected chi connectivity index (χ0v) is 26.6. The Morgan fingerprint density at radius 2 is 0.766 bits per heavy atom. The van der Waals surface area contributed by atoms with E-state index in [1.807, 2.05) is 18.2 Å². The lowest BCUT2D eigenvalue weighted by Gasteiger charge is -2.27. The fraction of sp³-hybridized carbons (Fsp3) is 0.0455. The fourth-order valence-electron chi connectivity index (χ4n) is 6.01. The summed E-state index contributed by atoms with van der Waals surface area (Å²) in [4.78, 5) is 4.51. The second kappa shape index (κ2) is 13.5. The molecule has 0 aliphatic carbocycles. The molecule has 7 rings (SSSR count). The lowest BCUT2D eigenvalue weighted by molar-refractivity contribution is 0.415. The normalized spacial score (nSPS) is 10.8. The van der Waals surface area contributed by atoms with Crippen molar-refractivity contribution in [3.63, 3.8) is 0 Å². The molecule has 3 heteroatoms. The van der Waals surface area contributed by atoms with Gasteiger partial charge < -0.3 is 14.5 Å². The summed E-state index contributed by atoms with van der Waals surface area (Å²) in [6, 6.07) is 64.4. The molecule has 0 radical (unpaired) electrons. The molecule has 7 aromatic rings. The van der Waals surface area contributed by atoms with E-state index in [1.54, 1.807) is 7.11 Å². The summed E-state index contributed by atoms with van der Waals surface area (Å²) in [6.45, 7) is 0. The first-order chi connectivity index (χ1) is 23.2. The van der Waals surface area contributed by atoms with Crippen LogP contribution in [0, 0.1) is 0 Å². The maximum Gasteiger partial charge on any atom is 0.120 e. The lowest BCUT2D eigenvalue weighted by atomic mass is 10.0. The van der Waals surface area contributed by atoms with Crippen LogP contribution in [0.25, 0.3) is 33.4 Å². The van der Waals surface area contributed by atoms with Crippen molar-refractivity contribution in [3.05, 3.63) is 182 Å². The molecule has 3 nitrogen and oxygen atoms in total. The Labute approximate surface area is 277 Å². The van der Waals surface area contributed by atoms with Gasteiger partial charge in [-0.05, 0) is 94.0 Å². The van der Waals surface area contributed by atoms with Gasteiger partial charge in [0.15, 0.2) is 0 Å². The SMILES string of the molecule is COc1cccc(N(C)c2ccc(-c3ccc(N(c4cccc(-c5ccccc5)c4)c4cccc(-c5ccccc5)c4)cc3)cc2)c1. The highest BCUT2D eigenvalue weighted by molar-refractivity contribution is 5.83. The smallest absolute Gasteiger partial charge is 0.120 e. The van der Waals surface area contributed by atoms with Gasteiger partial charge in [0.25, 0.3) is 0 Å². The van der Waals surface area contributed by atoms with E-state index >= 15 is 0 Å². The van der Waals surface area contributed by atoms with Gasteiger partial charge in [0.05, 0.1) is 7.11 Å². The molecule has 0 aliphatic heterocycles. The number of benzene rings is 7. The van der Waals surface area contributed by atoms with Gasteiger partial charge in [-0.3, -0.25) is 0 Å². The molecular weight excluding hydrogens is 572 g/mol. The molecule has 0 aliphatic rings. The second-order valence-corrected chi connectivity index (χ2v) is 11.5. The third kappa shape index (κ3) is 6.51. The molecule has 0 fully saturated rings. The fourth-order valence-corrected chi connectivity index (χ4v) is 6.01.